The Morgan fingerprint density at radius 3 is 1.31 bits per heavy atom. The second-order valence-corrected chi connectivity index (χ2v) is 11.1. The fourth-order valence-corrected chi connectivity index (χ4v) is 4.99. The lowest BCUT2D eigenvalue weighted by Crippen LogP contribution is -2.38. The number of nitrogens with one attached hydrogen (secondary N) is 4. The molecule has 0 bridgehead atoms. The third kappa shape index (κ3) is 9.69. The standard InChI is InChI=1S/C37H38N6O8/c1-22(40-42-36(48)24-13-5-9-17-30(24)44)26(34(46)38-28-15-7-11-19-32(28)50-3)21-27(35(47)39-29-16-8-12-20-33(29)51-4)23(2)41-43-37(49)25-14-6-10-18-31(25)45/h5-20,26-27,44-45H,21H2,1-4H3,(H,38,46)(H,39,47)(H,42,48)(H,43,49)/b40-22+,41-23+/t26-,27+. The lowest BCUT2D eigenvalue weighted by molar-refractivity contribution is -0.120. The maximum atomic E-state index is 14.0. The van der Waals surface area contributed by atoms with Crippen molar-refractivity contribution in [2.75, 3.05) is 24.9 Å². The van der Waals surface area contributed by atoms with Crippen molar-refractivity contribution >= 4 is 46.4 Å². The van der Waals surface area contributed by atoms with Gasteiger partial charge in [-0.05, 0) is 68.8 Å². The molecule has 6 N–H and O–H groups in total. The summed E-state index contributed by atoms with van der Waals surface area (Å²) in [4.78, 5) is 53.8. The first-order valence-corrected chi connectivity index (χ1v) is 15.7. The summed E-state index contributed by atoms with van der Waals surface area (Å²) in [7, 11) is 2.90. The molecule has 14 heteroatoms. The Kier molecular flexibility index (Phi) is 12.8. The number of para-hydroxylation sites is 6. The second-order valence-electron chi connectivity index (χ2n) is 11.1. The van der Waals surface area contributed by atoms with Gasteiger partial charge < -0.3 is 30.3 Å². The van der Waals surface area contributed by atoms with E-state index >= 15 is 0 Å². The van der Waals surface area contributed by atoms with E-state index in [1.165, 1.54) is 52.3 Å². The number of rotatable bonds is 14. The maximum absolute atomic E-state index is 14.0. The van der Waals surface area contributed by atoms with Gasteiger partial charge in [0, 0.05) is 11.4 Å². The van der Waals surface area contributed by atoms with E-state index in [1.54, 1.807) is 72.8 Å². The minimum Gasteiger partial charge on any atom is -0.507 e. The van der Waals surface area contributed by atoms with Gasteiger partial charge in [0.15, 0.2) is 0 Å². The van der Waals surface area contributed by atoms with Crippen LogP contribution in [0.2, 0.25) is 0 Å². The van der Waals surface area contributed by atoms with E-state index < -0.39 is 35.5 Å². The molecule has 4 aromatic carbocycles. The number of nitrogens with zero attached hydrogens (tertiary/aromatic N) is 2. The first kappa shape index (κ1) is 37.1. The van der Waals surface area contributed by atoms with Gasteiger partial charge in [-0.15, -0.1) is 0 Å². The molecule has 0 saturated carbocycles. The number of methoxy groups -OCH3 is 2. The largest absolute Gasteiger partial charge is 0.507 e. The third-order valence-corrected chi connectivity index (χ3v) is 7.81. The van der Waals surface area contributed by atoms with Gasteiger partial charge in [0.2, 0.25) is 11.8 Å². The molecular weight excluding hydrogens is 656 g/mol. The number of anilines is 2. The van der Waals surface area contributed by atoms with Gasteiger partial charge in [0.25, 0.3) is 11.8 Å². The lowest BCUT2D eigenvalue weighted by Gasteiger charge is -2.24. The predicted molar refractivity (Wildman–Crippen MR) is 192 cm³/mol. The number of phenols is 2. The molecule has 0 aliphatic rings. The van der Waals surface area contributed by atoms with Crippen LogP contribution in [0.4, 0.5) is 11.4 Å². The summed E-state index contributed by atoms with van der Waals surface area (Å²) in [6, 6.07) is 25.2. The smallest absolute Gasteiger partial charge is 0.275 e. The Labute approximate surface area is 294 Å². The van der Waals surface area contributed by atoms with Crippen molar-refractivity contribution in [3.05, 3.63) is 108 Å². The van der Waals surface area contributed by atoms with E-state index in [0.717, 1.165) is 0 Å². The number of aromatic hydroxyl groups is 2. The third-order valence-electron chi connectivity index (χ3n) is 7.81. The van der Waals surface area contributed by atoms with Crippen LogP contribution in [0.25, 0.3) is 0 Å². The second kappa shape index (κ2) is 17.6. The van der Waals surface area contributed by atoms with Crippen molar-refractivity contribution in [3.63, 3.8) is 0 Å². The molecule has 14 nitrogen and oxygen atoms in total. The minimum absolute atomic E-state index is 0.0405. The normalized spacial score (nSPS) is 12.5. The highest BCUT2D eigenvalue weighted by molar-refractivity contribution is 6.13. The highest BCUT2D eigenvalue weighted by Crippen LogP contribution is 2.28. The van der Waals surface area contributed by atoms with Crippen molar-refractivity contribution in [2.24, 2.45) is 22.0 Å². The zero-order valence-electron chi connectivity index (χ0n) is 28.3. The quantitative estimate of drug-likeness (QED) is 0.0788. The number of hydrogen-bond acceptors (Lipinski definition) is 10. The molecule has 0 unspecified atom stereocenters. The minimum atomic E-state index is -1.17. The van der Waals surface area contributed by atoms with Crippen molar-refractivity contribution in [3.8, 4) is 23.0 Å². The number of carbonyl (C=O) groups is 4. The fourth-order valence-electron chi connectivity index (χ4n) is 4.99. The van der Waals surface area contributed by atoms with Crippen molar-refractivity contribution in [1.82, 2.24) is 10.9 Å². The summed E-state index contributed by atoms with van der Waals surface area (Å²) in [5, 5.41) is 34.3. The van der Waals surface area contributed by atoms with Gasteiger partial charge in [0.05, 0.1) is 48.6 Å². The molecule has 4 amide bonds. The Hall–Kier alpha value is -6.70. The Morgan fingerprint density at radius 2 is 0.941 bits per heavy atom. The molecule has 264 valence electrons. The van der Waals surface area contributed by atoms with E-state index in [-0.39, 0.29) is 40.5 Å². The Morgan fingerprint density at radius 1 is 0.588 bits per heavy atom. The van der Waals surface area contributed by atoms with Crippen LogP contribution in [0.5, 0.6) is 23.0 Å². The zero-order valence-corrected chi connectivity index (χ0v) is 28.3. The highest BCUT2D eigenvalue weighted by atomic mass is 16.5. The molecule has 4 rings (SSSR count). The maximum Gasteiger partial charge on any atom is 0.275 e. The SMILES string of the molecule is COc1ccccc1NC(=O)[C@@H](C[C@@H](C(=O)Nc1ccccc1OC)/C(C)=N/NC(=O)c1ccccc1O)/C(C)=N/NC(=O)c1ccccc1O. The average molecular weight is 695 g/mol. The van der Waals surface area contributed by atoms with Crippen LogP contribution in [0.3, 0.4) is 0 Å². The number of ether oxygens (including phenoxy) is 2. The molecule has 0 aliphatic heterocycles. The van der Waals surface area contributed by atoms with Crippen LogP contribution in [-0.4, -0.2) is 59.5 Å². The molecule has 0 spiro atoms. The highest BCUT2D eigenvalue weighted by Gasteiger charge is 2.33. The Balaban J connectivity index is 1.72. The van der Waals surface area contributed by atoms with Crippen LogP contribution < -0.4 is 31.0 Å². The number of hydrogen-bond donors (Lipinski definition) is 6. The van der Waals surface area contributed by atoms with Gasteiger partial charge in [-0.25, -0.2) is 10.9 Å². The summed E-state index contributed by atoms with van der Waals surface area (Å²) < 4.78 is 10.8. The molecule has 0 heterocycles. The van der Waals surface area contributed by atoms with E-state index in [9.17, 15) is 29.4 Å². The van der Waals surface area contributed by atoms with E-state index in [2.05, 4.69) is 31.7 Å². The molecule has 0 fully saturated rings. The predicted octanol–water partition coefficient (Wildman–Crippen LogP) is 4.93. The van der Waals surface area contributed by atoms with Gasteiger partial charge >= 0.3 is 0 Å². The summed E-state index contributed by atoms with van der Waals surface area (Å²) in [6.07, 6.45) is -0.244. The van der Waals surface area contributed by atoms with Crippen LogP contribution in [0, 0.1) is 11.8 Å². The summed E-state index contributed by atoms with van der Waals surface area (Å²) in [5.74, 6) is -4.78. The van der Waals surface area contributed by atoms with Crippen molar-refractivity contribution in [1.29, 1.82) is 0 Å². The van der Waals surface area contributed by atoms with Crippen molar-refractivity contribution in [2.45, 2.75) is 20.3 Å². The summed E-state index contributed by atoms with van der Waals surface area (Å²) in [5.41, 5.74) is 5.55. The van der Waals surface area contributed by atoms with Gasteiger partial charge in [-0.3, -0.25) is 19.2 Å². The van der Waals surface area contributed by atoms with Crippen molar-refractivity contribution < 1.29 is 38.9 Å². The first-order chi connectivity index (χ1) is 24.5. The van der Waals surface area contributed by atoms with E-state index in [0.29, 0.717) is 22.9 Å². The van der Waals surface area contributed by atoms with Gasteiger partial charge in [-0.2, -0.15) is 10.2 Å². The average Bonchev–Trinajstić information content (AvgIpc) is 3.13. The molecule has 51 heavy (non-hydrogen) atoms. The van der Waals surface area contributed by atoms with E-state index in [1.807, 2.05) is 0 Å². The molecule has 0 radical (unpaired) electrons. The number of amides is 4. The molecular formula is C37H38N6O8. The summed E-state index contributed by atoms with van der Waals surface area (Å²) >= 11 is 0. The number of carbonyl (C=O) groups excluding carboxylic acids is 4. The van der Waals surface area contributed by atoms with Gasteiger partial charge in [0.1, 0.15) is 23.0 Å². The zero-order chi connectivity index (χ0) is 36.9. The number of hydrazone groups is 2. The monoisotopic (exact) mass is 694 g/mol. The Bertz CT molecular complexity index is 1820. The van der Waals surface area contributed by atoms with Crippen LogP contribution in [-0.2, 0) is 9.59 Å². The topological polar surface area (TPSA) is 200 Å². The summed E-state index contributed by atoms with van der Waals surface area (Å²) in [6.45, 7) is 3.00. The molecule has 0 aliphatic carbocycles. The molecule has 0 saturated heterocycles. The molecule has 4 aromatic rings. The first-order valence-electron chi connectivity index (χ1n) is 15.7. The molecule has 2 atom stereocenters. The lowest BCUT2D eigenvalue weighted by atomic mass is 9.87. The van der Waals surface area contributed by atoms with Crippen LogP contribution in [0.15, 0.2) is 107 Å². The van der Waals surface area contributed by atoms with Gasteiger partial charge in [-0.1, -0.05) is 48.5 Å². The molecule has 0 aromatic heterocycles. The van der Waals surface area contributed by atoms with E-state index in [4.69, 9.17) is 9.47 Å². The van der Waals surface area contributed by atoms with Crippen LogP contribution in [0.1, 0.15) is 41.0 Å². The number of phenolic OH excluding ortho intramolecular Hbond substituents is 2. The fraction of sp³-hybridized carbons (Fsp3) is 0.189. The number of benzene rings is 4. The van der Waals surface area contributed by atoms with Crippen LogP contribution >= 0.6 is 0 Å².